The smallest absolute Gasteiger partial charge is 0.252 e. The van der Waals surface area contributed by atoms with E-state index in [-0.39, 0.29) is 10.1 Å². The minimum atomic E-state index is -3.43. The molecule has 0 aliphatic heterocycles. The van der Waals surface area contributed by atoms with Gasteiger partial charge >= 0.3 is 0 Å². The van der Waals surface area contributed by atoms with Crippen molar-refractivity contribution < 1.29 is 13.2 Å². The van der Waals surface area contributed by atoms with Crippen LogP contribution in [0.15, 0.2) is 40.6 Å². The third-order valence-electron chi connectivity index (χ3n) is 4.31. The number of sulfonamides is 1. The molecule has 2 rings (SSSR count). The number of rotatable bonds is 9. The molecule has 0 aliphatic carbocycles. The predicted molar refractivity (Wildman–Crippen MR) is 109 cm³/mol. The molecule has 0 fully saturated rings. The molecule has 27 heavy (non-hydrogen) atoms. The first-order valence-corrected chi connectivity index (χ1v) is 11.1. The van der Waals surface area contributed by atoms with Crippen molar-refractivity contribution in [2.75, 3.05) is 27.2 Å². The van der Waals surface area contributed by atoms with E-state index >= 15 is 0 Å². The Morgan fingerprint density at radius 2 is 1.67 bits per heavy atom. The molecular weight excluding hydrogens is 382 g/mol. The molecule has 0 aliphatic rings. The van der Waals surface area contributed by atoms with E-state index in [9.17, 15) is 13.2 Å². The van der Waals surface area contributed by atoms with E-state index in [1.807, 2.05) is 24.3 Å². The van der Waals surface area contributed by atoms with Gasteiger partial charge in [-0.05, 0) is 42.9 Å². The van der Waals surface area contributed by atoms with Crippen LogP contribution in [0.1, 0.15) is 34.6 Å². The Morgan fingerprint density at radius 3 is 2.22 bits per heavy atom. The van der Waals surface area contributed by atoms with Gasteiger partial charge in [0.25, 0.3) is 15.9 Å². The number of benzene rings is 1. The van der Waals surface area contributed by atoms with Crippen molar-refractivity contribution in [3.8, 4) is 0 Å². The van der Waals surface area contributed by atoms with Crippen LogP contribution in [0.2, 0.25) is 0 Å². The van der Waals surface area contributed by atoms with Crippen molar-refractivity contribution in [1.29, 1.82) is 0 Å². The molecule has 0 atom stereocenters. The predicted octanol–water partition coefficient (Wildman–Crippen LogP) is 2.77. The Balaban J connectivity index is 1.95. The van der Waals surface area contributed by atoms with Gasteiger partial charge in [0.05, 0.1) is 6.54 Å². The molecular formula is C19H27N3O3S2. The second kappa shape index (κ2) is 9.45. The molecule has 2 aromatic rings. The lowest BCUT2D eigenvalue weighted by atomic mass is 10.1. The zero-order chi connectivity index (χ0) is 20.0. The van der Waals surface area contributed by atoms with Crippen molar-refractivity contribution in [2.24, 2.45) is 0 Å². The van der Waals surface area contributed by atoms with Crippen LogP contribution in [-0.2, 0) is 23.1 Å². The summed E-state index contributed by atoms with van der Waals surface area (Å²) in [7, 11) is -0.430. The topological polar surface area (TPSA) is 69.7 Å². The number of nitrogens with one attached hydrogen (secondary N) is 1. The van der Waals surface area contributed by atoms with Gasteiger partial charge in [-0.1, -0.05) is 26.0 Å². The Kier molecular flexibility index (Phi) is 7.55. The lowest BCUT2D eigenvalue weighted by Crippen LogP contribution is -2.23. The Labute approximate surface area is 165 Å². The number of carbonyl (C=O) groups excluding carboxylic acids is 1. The Hall–Kier alpha value is -1.74. The summed E-state index contributed by atoms with van der Waals surface area (Å²) in [5.74, 6) is -0.171. The Morgan fingerprint density at radius 1 is 1.04 bits per heavy atom. The molecule has 1 N–H and O–H groups in total. The molecule has 0 spiro atoms. The van der Waals surface area contributed by atoms with Crippen LogP contribution < -0.4 is 5.32 Å². The number of hydrogen-bond acceptors (Lipinski definition) is 5. The third-order valence-corrected chi connectivity index (χ3v) is 7.68. The largest absolute Gasteiger partial charge is 0.347 e. The minimum Gasteiger partial charge on any atom is -0.347 e. The SMILES string of the molecule is CCN(CC)Cc1ccc(C(=O)NCc2ccc(S(=O)(=O)N(C)C)s2)cc1. The quantitative estimate of drug-likeness (QED) is 0.691. The van der Waals surface area contributed by atoms with Crippen LogP contribution in [0.3, 0.4) is 0 Å². The van der Waals surface area contributed by atoms with Crippen molar-refractivity contribution in [3.05, 3.63) is 52.4 Å². The summed E-state index contributed by atoms with van der Waals surface area (Å²) in [5, 5.41) is 2.84. The zero-order valence-corrected chi connectivity index (χ0v) is 17.9. The van der Waals surface area contributed by atoms with Gasteiger partial charge in [0.2, 0.25) is 0 Å². The maximum atomic E-state index is 12.3. The fraction of sp³-hybridized carbons (Fsp3) is 0.421. The van der Waals surface area contributed by atoms with Gasteiger partial charge in [-0.25, -0.2) is 12.7 Å². The van der Waals surface area contributed by atoms with E-state index in [2.05, 4.69) is 24.1 Å². The molecule has 1 amide bonds. The van der Waals surface area contributed by atoms with E-state index in [0.29, 0.717) is 12.1 Å². The molecule has 1 aromatic carbocycles. The van der Waals surface area contributed by atoms with Gasteiger partial charge in [0, 0.05) is 31.1 Å². The second-order valence-corrected chi connectivity index (χ2v) is 9.90. The van der Waals surface area contributed by atoms with Crippen LogP contribution in [0.5, 0.6) is 0 Å². The number of hydrogen-bond donors (Lipinski definition) is 1. The zero-order valence-electron chi connectivity index (χ0n) is 16.2. The molecule has 0 radical (unpaired) electrons. The van der Waals surface area contributed by atoms with Crippen molar-refractivity contribution >= 4 is 27.3 Å². The molecule has 1 aromatic heterocycles. The van der Waals surface area contributed by atoms with Crippen LogP contribution >= 0.6 is 11.3 Å². The third kappa shape index (κ3) is 5.62. The molecule has 6 nitrogen and oxygen atoms in total. The lowest BCUT2D eigenvalue weighted by Gasteiger charge is -2.18. The number of amides is 1. The first-order chi connectivity index (χ1) is 12.8. The van der Waals surface area contributed by atoms with E-state index < -0.39 is 10.0 Å². The number of thiophene rings is 1. The molecule has 0 unspecified atom stereocenters. The number of nitrogens with zero attached hydrogens (tertiary/aromatic N) is 2. The summed E-state index contributed by atoms with van der Waals surface area (Å²) in [5.41, 5.74) is 1.77. The van der Waals surface area contributed by atoms with Gasteiger partial charge < -0.3 is 5.32 Å². The normalized spacial score (nSPS) is 11.9. The van der Waals surface area contributed by atoms with Crippen LogP contribution in [0.25, 0.3) is 0 Å². The van der Waals surface area contributed by atoms with Gasteiger partial charge in [-0.3, -0.25) is 9.69 Å². The molecule has 1 heterocycles. The summed E-state index contributed by atoms with van der Waals surface area (Å²) >= 11 is 1.17. The van der Waals surface area contributed by atoms with Gasteiger partial charge in [-0.2, -0.15) is 0 Å². The summed E-state index contributed by atoms with van der Waals surface area (Å²) in [4.78, 5) is 15.4. The highest BCUT2D eigenvalue weighted by atomic mass is 32.2. The van der Waals surface area contributed by atoms with Crippen LogP contribution in [-0.4, -0.2) is 50.7 Å². The lowest BCUT2D eigenvalue weighted by molar-refractivity contribution is 0.0951. The van der Waals surface area contributed by atoms with Crippen LogP contribution in [0.4, 0.5) is 0 Å². The molecule has 0 saturated carbocycles. The van der Waals surface area contributed by atoms with Gasteiger partial charge in [0.15, 0.2) is 0 Å². The summed E-state index contributed by atoms with van der Waals surface area (Å²) in [6.45, 7) is 7.41. The monoisotopic (exact) mass is 409 g/mol. The summed E-state index contributed by atoms with van der Waals surface area (Å²) in [6.07, 6.45) is 0. The van der Waals surface area contributed by atoms with Crippen LogP contribution in [0, 0.1) is 0 Å². The van der Waals surface area contributed by atoms with E-state index in [4.69, 9.17) is 0 Å². The molecule has 0 bridgehead atoms. The second-order valence-electron chi connectivity index (χ2n) is 6.35. The van der Waals surface area contributed by atoms with E-state index in [1.165, 1.54) is 35.3 Å². The Bertz CT molecular complexity index is 855. The standard InChI is InChI=1S/C19H27N3O3S2/c1-5-22(6-2)14-15-7-9-16(10-8-15)19(23)20-13-17-11-12-18(26-17)27(24,25)21(3)4/h7-12H,5-6,13-14H2,1-4H3,(H,20,23). The minimum absolute atomic E-state index is 0.171. The van der Waals surface area contributed by atoms with Crippen molar-refractivity contribution in [1.82, 2.24) is 14.5 Å². The first kappa shape index (κ1) is 21.6. The molecule has 8 heteroatoms. The fourth-order valence-corrected chi connectivity index (χ4v) is 4.97. The summed E-state index contributed by atoms with van der Waals surface area (Å²) < 4.78 is 25.7. The number of carbonyl (C=O) groups is 1. The highest BCUT2D eigenvalue weighted by Crippen LogP contribution is 2.23. The highest BCUT2D eigenvalue weighted by Gasteiger charge is 2.19. The molecule has 0 saturated heterocycles. The maximum Gasteiger partial charge on any atom is 0.252 e. The van der Waals surface area contributed by atoms with Crippen molar-refractivity contribution in [2.45, 2.75) is 31.1 Å². The average Bonchev–Trinajstić information content (AvgIpc) is 3.14. The maximum absolute atomic E-state index is 12.3. The molecule has 148 valence electrons. The average molecular weight is 410 g/mol. The van der Waals surface area contributed by atoms with E-state index in [1.54, 1.807) is 12.1 Å². The summed E-state index contributed by atoms with van der Waals surface area (Å²) in [6, 6.07) is 10.9. The van der Waals surface area contributed by atoms with Crippen molar-refractivity contribution in [3.63, 3.8) is 0 Å². The van der Waals surface area contributed by atoms with E-state index in [0.717, 1.165) is 24.5 Å². The van der Waals surface area contributed by atoms with Gasteiger partial charge in [0.1, 0.15) is 4.21 Å². The highest BCUT2D eigenvalue weighted by molar-refractivity contribution is 7.91. The van der Waals surface area contributed by atoms with Gasteiger partial charge in [-0.15, -0.1) is 11.3 Å². The fourth-order valence-electron chi connectivity index (χ4n) is 2.51. The first-order valence-electron chi connectivity index (χ1n) is 8.88.